The van der Waals surface area contributed by atoms with Gasteiger partial charge in [-0.1, -0.05) is 42.5 Å². The lowest BCUT2D eigenvalue weighted by Crippen LogP contribution is -2.39. The van der Waals surface area contributed by atoms with E-state index in [4.69, 9.17) is 0 Å². The van der Waals surface area contributed by atoms with Crippen LogP contribution in [0.15, 0.2) is 67.0 Å². The van der Waals surface area contributed by atoms with Gasteiger partial charge in [-0.25, -0.2) is 4.39 Å². The van der Waals surface area contributed by atoms with E-state index in [-0.39, 0.29) is 17.8 Å². The highest BCUT2D eigenvalue weighted by atomic mass is 19.1. The second-order valence-electron chi connectivity index (χ2n) is 6.61. The molecule has 1 saturated carbocycles. The first-order valence-corrected chi connectivity index (χ1v) is 8.63. The van der Waals surface area contributed by atoms with Crippen molar-refractivity contribution in [3.05, 3.63) is 83.9 Å². The summed E-state index contributed by atoms with van der Waals surface area (Å²) in [4.78, 5) is 14.6. The maximum Gasteiger partial charge on any atom is 0.231 e. The minimum absolute atomic E-state index is 0.0369. The summed E-state index contributed by atoms with van der Waals surface area (Å²) >= 11 is 0. The SMILES string of the molecule is O=C(N[C@@H](Cn1nccn1)c1ccccc1)C1(c2ccc(F)cc2)CC1. The molecule has 0 bridgehead atoms. The van der Waals surface area contributed by atoms with Crippen LogP contribution in [0.1, 0.15) is 30.0 Å². The van der Waals surface area contributed by atoms with Crippen molar-refractivity contribution in [2.24, 2.45) is 0 Å². The standard InChI is InChI=1S/C20H19FN4O/c21-17-8-6-16(7-9-17)20(10-11-20)19(26)24-18(14-25-22-12-13-23-25)15-4-2-1-3-5-15/h1-9,12-13,18H,10-11,14H2,(H,24,26)/t18-/m0/s1. The minimum atomic E-state index is -0.557. The molecule has 0 unspecified atom stereocenters. The number of nitrogens with one attached hydrogen (secondary N) is 1. The maximum atomic E-state index is 13.2. The Morgan fingerprint density at radius 3 is 2.35 bits per heavy atom. The Morgan fingerprint density at radius 1 is 1.08 bits per heavy atom. The van der Waals surface area contributed by atoms with E-state index in [1.165, 1.54) is 12.1 Å². The smallest absolute Gasteiger partial charge is 0.231 e. The predicted molar refractivity (Wildman–Crippen MR) is 94.7 cm³/mol. The average molecular weight is 350 g/mol. The van der Waals surface area contributed by atoms with Gasteiger partial charge in [0.2, 0.25) is 5.91 Å². The number of rotatable bonds is 6. The fourth-order valence-corrected chi connectivity index (χ4v) is 3.26. The Bertz CT molecular complexity index is 874. The van der Waals surface area contributed by atoms with Gasteiger partial charge in [-0.05, 0) is 36.1 Å². The first kappa shape index (κ1) is 16.4. The highest BCUT2D eigenvalue weighted by Crippen LogP contribution is 2.48. The van der Waals surface area contributed by atoms with E-state index in [1.54, 1.807) is 29.3 Å². The third-order valence-corrected chi connectivity index (χ3v) is 4.90. The number of nitrogens with zero attached hydrogens (tertiary/aromatic N) is 3. The van der Waals surface area contributed by atoms with Gasteiger partial charge in [0, 0.05) is 0 Å². The van der Waals surface area contributed by atoms with E-state index in [1.807, 2.05) is 30.3 Å². The molecule has 1 aromatic heterocycles. The molecule has 0 spiro atoms. The lowest BCUT2D eigenvalue weighted by atomic mass is 9.94. The van der Waals surface area contributed by atoms with Crippen molar-refractivity contribution in [3.8, 4) is 0 Å². The molecule has 4 rings (SSSR count). The Morgan fingerprint density at radius 2 is 1.73 bits per heavy atom. The predicted octanol–water partition coefficient (Wildman–Crippen LogP) is 3.01. The highest BCUT2D eigenvalue weighted by molar-refractivity contribution is 5.91. The summed E-state index contributed by atoms with van der Waals surface area (Å²) in [6.07, 6.45) is 4.77. The zero-order valence-corrected chi connectivity index (χ0v) is 14.2. The van der Waals surface area contributed by atoms with Gasteiger partial charge in [0.15, 0.2) is 0 Å². The molecule has 2 aromatic carbocycles. The number of amides is 1. The molecule has 3 aromatic rings. The summed E-state index contributed by atoms with van der Waals surface area (Å²) in [6, 6.07) is 15.8. The third-order valence-electron chi connectivity index (χ3n) is 4.90. The summed E-state index contributed by atoms with van der Waals surface area (Å²) in [5, 5.41) is 11.4. The molecule has 26 heavy (non-hydrogen) atoms. The largest absolute Gasteiger partial charge is 0.347 e. The van der Waals surface area contributed by atoms with Crippen molar-refractivity contribution in [3.63, 3.8) is 0 Å². The molecule has 1 fully saturated rings. The lowest BCUT2D eigenvalue weighted by Gasteiger charge is -2.23. The number of hydrogen-bond donors (Lipinski definition) is 1. The second-order valence-corrected chi connectivity index (χ2v) is 6.61. The van der Waals surface area contributed by atoms with Crippen molar-refractivity contribution in [2.45, 2.75) is 30.8 Å². The zero-order chi connectivity index (χ0) is 18.0. The molecule has 5 nitrogen and oxygen atoms in total. The van der Waals surface area contributed by atoms with Crippen molar-refractivity contribution >= 4 is 5.91 Å². The Balaban J connectivity index is 1.57. The highest BCUT2D eigenvalue weighted by Gasteiger charge is 2.51. The molecular weight excluding hydrogens is 331 g/mol. The zero-order valence-electron chi connectivity index (χ0n) is 14.2. The Kier molecular flexibility index (Phi) is 4.24. The molecule has 0 aliphatic heterocycles. The number of halogens is 1. The molecule has 132 valence electrons. The van der Waals surface area contributed by atoms with Crippen molar-refractivity contribution in [1.82, 2.24) is 20.3 Å². The van der Waals surface area contributed by atoms with Gasteiger partial charge in [0.25, 0.3) is 0 Å². The van der Waals surface area contributed by atoms with Crippen LogP contribution in [0, 0.1) is 5.82 Å². The summed E-state index contributed by atoms with van der Waals surface area (Å²) in [7, 11) is 0. The Labute approximate surface area is 150 Å². The second kappa shape index (κ2) is 6.71. The summed E-state index contributed by atoms with van der Waals surface area (Å²) < 4.78 is 13.2. The van der Waals surface area contributed by atoms with Crippen LogP contribution < -0.4 is 5.32 Å². The fourth-order valence-electron chi connectivity index (χ4n) is 3.26. The number of benzene rings is 2. The lowest BCUT2D eigenvalue weighted by molar-refractivity contribution is -0.124. The van der Waals surface area contributed by atoms with Gasteiger partial charge in [0.1, 0.15) is 5.82 Å². The molecule has 1 amide bonds. The number of hydrogen-bond acceptors (Lipinski definition) is 3. The topological polar surface area (TPSA) is 59.8 Å². The van der Waals surface area contributed by atoms with Crippen molar-refractivity contribution < 1.29 is 9.18 Å². The van der Waals surface area contributed by atoms with Gasteiger partial charge in [-0.15, -0.1) is 0 Å². The fraction of sp³-hybridized carbons (Fsp3) is 0.250. The van der Waals surface area contributed by atoms with Crippen LogP contribution in [0.3, 0.4) is 0 Å². The van der Waals surface area contributed by atoms with Gasteiger partial charge in [0.05, 0.1) is 30.4 Å². The monoisotopic (exact) mass is 350 g/mol. The van der Waals surface area contributed by atoms with Crippen molar-refractivity contribution in [2.75, 3.05) is 0 Å². The van der Waals surface area contributed by atoms with E-state index in [2.05, 4.69) is 15.5 Å². The van der Waals surface area contributed by atoms with Crippen LogP contribution in [0.4, 0.5) is 4.39 Å². The number of carbonyl (C=O) groups excluding carboxylic acids is 1. The minimum Gasteiger partial charge on any atom is -0.347 e. The molecule has 0 saturated heterocycles. The van der Waals surface area contributed by atoms with E-state index in [9.17, 15) is 9.18 Å². The van der Waals surface area contributed by atoms with Gasteiger partial charge in [-0.2, -0.15) is 15.0 Å². The first-order valence-electron chi connectivity index (χ1n) is 8.63. The molecular formula is C20H19FN4O. The van der Waals surface area contributed by atoms with E-state index in [0.717, 1.165) is 24.0 Å². The quantitative estimate of drug-likeness (QED) is 0.743. The van der Waals surface area contributed by atoms with Crippen LogP contribution >= 0.6 is 0 Å². The molecule has 0 radical (unpaired) electrons. The van der Waals surface area contributed by atoms with E-state index >= 15 is 0 Å². The normalized spacial score (nSPS) is 16.0. The van der Waals surface area contributed by atoms with E-state index < -0.39 is 5.41 Å². The molecule has 1 aliphatic rings. The molecule has 1 atom stereocenters. The molecule has 1 N–H and O–H groups in total. The summed E-state index contributed by atoms with van der Waals surface area (Å²) in [5.74, 6) is -0.331. The van der Waals surface area contributed by atoms with Crippen LogP contribution in [0.5, 0.6) is 0 Å². The Hall–Kier alpha value is -3.02. The summed E-state index contributed by atoms with van der Waals surface area (Å²) in [5.41, 5.74) is 1.30. The van der Waals surface area contributed by atoms with Gasteiger partial charge in [-0.3, -0.25) is 4.79 Å². The van der Waals surface area contributed by atoms with Gasteiger partial charge >= 0.3 is 0 Å². The van der Waals surface area contributed by atoms with Crippen LogP contribution in [-0.2, 0) is 16.8 Å². The molecule has 6 heteroatoms. The van der Waals surface area contributed by atoms with E-state index in [0.29, 0.717) is 6.54 Å². The first-order chi connectivity index (χ1) is 12.7. The third kappa shape index (κ3) is 3.22. The average Bonchev–Trinajstić information content (AvgIpc) is 3.32. The molecule has 1 aliphatic carbocycles. The van der Waals surface area contributed by atoms with Crippen LogP contribution in [0.2, 0.25) is 0 Å². The van der Waals surface area contributed by atoms with Crippen LogP contribution in [-0.4, -0.2) is 20.9 Å². The maximum absolute atomic E-state index is 13.2. The molecule has 1 heterocycles. The number of carbonyl (C=O) groups is 1. The van der Waals surface area contributed by atoms with Crippen LogP contribution in [0.25, 0.3) is 0 Å². The van der Waals surface area contributed by atoms with Gasteiger partial charge < -0.3 is 5.32 Å². The number of aromatic nitrogens is 3. The summed E-state index contributed by atoms with van der Waals surface area (Å²) in [6.45, 7) is 0.447. The van der Waals surface area contributed by atoms with Crippen molar-refractivity contribution in [1.29, 1.82) is 0 Å².